The molecule has 1 aliphatic rings. The fourth-order valence-corrected chi connectivity index (χ4v) is 2.00. The molecular weight excluding hydrogens is 202 g/mol. The lowest BCUT2D eigenvalue weighted by molar-refractivity contribution is -0.135. The highest BCUT2D eigenvalue weighted by molar-refractivity contribution is 5.82. The van der Waals surface area contributed by atoms with Crippen LogP contribution in [-0.4, -0.2) is 54.5 Å². The van der Waals surface area contributed by atoms with E-state index in [4.69, 9.17) is 5.73 Å². The molecule has 0 aliphatic carbocycles. The predicted molar refractivity (Wildman–Crippen MR) is 66.1 cm³/mol. The Morgan fingerprint density at radius 3 is 2.25 bits per heavy atom. The van der Waals surface area contributed by atoms with Gasteiger partial charge in [0.15, 0.2) is 0 Å². The van der Waals surface area contributed by atoms with E-state index in [2.05, 4.69) is 11.8 Å². The van der Waals surface area contributed by atoms with Gasteiger partial charge in [-0.1, -0.05) is 20.8 Å². The van der Waals surface area contributed by atoms with Crippen LogP contribution in [0.1, 0.15) is 27.2 Å². The van der Waals surface area contributed by atoms with Crippen LogP contribution in [0.4, 0.5) is 0 Å². The standard InChI is InChI=1S/C12H25N3O/c1-4-5-14-6-8-15(9-7-14)12(16)11(13)10(2)3/h10-11H,4-9,13H2,1-3H3/t11-/m1/s1. The zero-order valence-corrected chi connectivity index (χ0v) is 10.8. The van der Waals surface area contributed by atoms with Crippen LogP contribution < -0.4 is 5.73 Å². The van der Waals surface area contributed by atoms with Gasteiger partial charge in [-0.15, -0.1) is 0 Å². The molecule has 0 unspecified atom stereocenters. The first kappa shape index (κ1) is 13.5. The van der Waals surface area contributed by atoms with Gasteiger partial charge in [0, 0.05) is 26.2 Å². The van der Waals surface area contributed by atoms with Crippen LogP contribution in [0.3, 0.4) is 0 Å². The molecule has 0 aromatic heterocycles. The molecule has 0 bridgehead atoms. The van der Waals surface area contributed by atoms with Gasteiger partial charge < -0.3 is 10.6 Å². The van der Waals surface area contributed by atoms with E-state index in [1.165, 1.54) is 6.42 Å². The molecule has 94 valence electrons. The largest absolute Gasteiger partial charge is 0.339 e. The fraction of sp³-hybridized carbons (Fsp3) is 0.917. The van der Waals surface area contributed by atoms with Crippen molar-refractivity contribution in [1.29, 1.82) is 0 Å². The Morgan fingerprint density at radius 1 is 1.25 bits per heavy atom. The smallest absolute Gasteiger partial charge is 0.239 e. The molecule has 0 aromatic rings. The number of rotatable bonds is 4. The zero-order chi connectivity index (χ0) is 12.1. The van der Waals surface area contributed by atoms with E-state index in [9.17, 15) is 4.79 Å². The molecule has 4 heteroatoms. The lowest BCUT2D eigenvalue weighted by atomic mass is 10.0. The van der Waals surface area contributed by atoms with Gasteiger partial charge in [0.25, 0.3) is 0 Å². The Morgan fingerprint density at radius 2 is 1.81 bits per heavy atom. The minimum Gasteiger partial charge on any atom is -0.339 e. The van der Waals surface area contributed by atoms with Crippen molar-refractivity contribution in [3.63, 3.8) is 0 Å². The molecule has 1 rings (SSSR count). The Bertz CT molecular complexity index is 222. The summed E-state index contributed by atoms with van der Waals surface area (Å²) >= 11 is 0. The third kappa shape index (κ3) is 3.46. The van der Waals surface area contributed by atoms with Crippen molar-refractivity contribution in [2.24, 2.45) is 11.7 Å². The summed E-state index contributed by atoms with van der Waals surface area (Å²) in [6, 6.07) is -0.335. The predicted octanol–water partition coefficient (Wildman–Crippen LogP) is 0.524. The third-order valence-electron chi connectivity index (χ3n) is 3.23. The molecule has 1 atom stereocenters. The SMILES string of the molecule is CCCN1CCN(C(=O)[C@H](N)C(C)C)CC1. The summed E-state index contributed by atoms with van der Waals surface area (Å²) in [5, 5.41) is 0. The van der Waals surface area contributed by atoms with Crippen LogP contribution in [0.15, 0.2) is 0 Å². The molecule has 1 heterocycles. The lowest BCUT2D eigenvalue weighted by Gasteiger charge is -2.36. The number of nitrogens with zero attached hydrogens (tertiary/aromatic N) is 2. The highest BCUT2D eigenvalue weighted by Crippen LogP contribution is 2.07. The van der Waals surface area contributed by atoms with E-state index in [-0.39, 0.29) is 17.9 Å². The molecule has 1 amide bonds. The van der Waals surface area contributed by atoms with Crippen molar-refractivity contribution in [3.8, 4) is 0 Å². The summed E-state index contributed by atoms with van der Waals surface area (Å²) in [5.41, 5.74) is 5.88. The van der Waals surface area contributed by atoms with Crippen LogP contribution in [0.25, 0.3) is 0 Å². The quantitative estimate of drug-likeness (QED) is 0.762. The highest BCUT2D eigenvalue weighted by Gasteiger charge is 2.26. The van der Waals surface area contributed by atoms with Gasteiger partial charge in [0.2, 0.25) is 5.91 Å². The number of piperazine rings is 1. The van der Waals surface area contributed by atoms with Crippen LogP contribution >= 0.6 is 0 Å². The summed E-state index contributed by atoms with van der Waals surface area (Å²) in [5.74, 6) is 0.340. The first-order chi connectivity index (χ1) is 7.56. The van der Waals surface area contributed by atoms with Crippen molar-refractivity contribution in [2.45, 2.75) is 33.2 Å². The maximum atomic E-state index is 12.0. The van der Waals surface area contributed by atoms with Crippen molar-refractivity contribution in [2.75, 3.05) is 32.7 Å². The third-order valence-corrected chi connectivity index (χ3v) is 3.23. The van der Waals surface area contributed by atoms with Crippen LogP contribution in [0.2, 0.25) is 0 Å². The molecule has 2 N–H and O–H groups in total. The molecular formula is C12H25N3O. The van der Waals surface area contributed by atoms with Gasteiger partial charge in [0.1, 0.15) is 0 Å². The monoisotopic (exact) mass is 227 g/mol. The van der Waals surface area contributed by atoms with Crippen LogP contribution in [-0.2, 0) is 4.79 Å². The maximum absolute atomic E-state index is 12.0. The van der Waals surface area contributed by atoms with Crippen molar-refractivity contribution in [1.82, 2.24) is 9.80 Å². The Balaban J connectivity index is 2.38. The van der Waals surface area contributed by atoms with Crippen molar-refractivity contribution < 1.29 is 4.79 Å². The van der Waals surface area contributed by atoms with Gasteiger partial charge in [0.05, 0.1) is 6.04 Å². The summed E-state index contributed by atoms with van der Waals surface area (Å²) in [4.78, 5) is 16.3. The Hall–Kier alpha value is -0.610. The summed E-state index contributed by atoms with van der Waals surface area (Å²) in [6.45, 7) is 11.0. The zero-order valence-electron chi connectivity index (χ0n) is 10.8. The maximum Gasteiger partial charge on any atom is 0.239 e. The number of amides is 1. The normalized spacial score (nSPS) is 20.2. The van der Waals surface area contributed by atoms with E-state index < -0.39 is 0 Å². The highest BCUT2D eigenvalue weighted by atomic mass is 16.2. The number of nitrogens with two attached hydrogens (primary N) is 1. The van der Waals surface area contributed by atoms with E-state index in [1.54, 1.807) is 0 Å². The van der Waals surface area contributed by atoms with Crippen molar-refractivity contribution >= 4 is 5.91 Å². The molecule has 0 aromatic carbocycles. The second-order valence-electron chi connectivity index (χ2n) is 4.94. The van der Waals surface area contributed by atoms with Gasteiger partial charge >= 0.3 is 0 Å². The van der Waals surface area contributed by atoms with Crippen LogP contribution in [0, 0.1) is 5.92 Å². The molecule has 1 fully saturated rings. The van der Waals surface area contributed by atoms with Crippen molar-refractivity contribution in [3.05, 3.63) is 0 Å². The first-order valence-electron chi connectivity index (χ1n) is 6.33. The summed E-state index contributed by atoms with van der Waals surface area (Å²) < 4.78 is 0. The van der Waals surface area contributed by atoms with E-state index >= 15 is 0 Å². The minimum atomic E-state index is -0.335. The van der Waals surface area contributed by atoms with Crippen LogP contribution in [0.5, 0.6) is 0 Å². The molecule has 0 radical (unpaired) electrons. The number of hydrogen-bond acceptors (Lipinski definition) is 3. The van der Waals surface area contributed by atoms with E-state index in [0.717, 1.165) is 32.7 Å². The average Bonchev–Trinajstić information content (AvgIpc) is 2.28. The number of carbonyl (C=O) groups excluding carboxylic acids is 1. The fourth-order valence-electron chi connectivity index (χ4n) is 2.00. The first-order valence-corrected chi connectivity index (χ1v) is 6.33. The Kier molecular flexibility index (Phi) is 5.22. The second kappa shape index (κ2) is 6.21. The van der Waals surface area contributed by atoms with Gasteiger partial charge in [-0.05, 0) is 18.9 Å². The topological polar surface area (TPSA) is 49.6 Å². The van der Waals surface area contributed by atoms with Gasteiger partial charge in [-0.3, -0.25) is 9.69 Å². The molecule has 0 saturated carbocycles. The average molecular weight is 227 g/mol. The second-order valence-corrected chi connectivity index (χ2v) is 4.94. The number of hydrogen-bond donors (Lipinski definition) is 1. The minimum absolute atomic E-state index is 0.117. The van der Waals surface area contributed by atoms with Gasteiger partial charge in [-0.25, -0.2) is 0 Å². The van der Waals surface area contributed by atoms with E-state index in [1.807, 2.05) is 18.7 Å². The molecule has 0 spiro atoms. The molecule has 1 aliphatic heterocycles. The molecule has 4 nitrogen and oxygen atoms in total. The summed E-state index contributed by atoms with van der Waals surface area (Å²) in [7, 11) is 0. The van der Waals surface area contributed by atoms with Gasteiger partial charge in [-0.2, -0.15) is 0 Å². The molecule has 1 saturated heterocycles. The summed E-state index contributed by atoms with van der Waals surface area (Å²) in [6.07, 6.45) is 1.18. The van der Waals surface area contributed by atoms with E-state index in [0.29, 0.717) is 0 Å². The Labute approximate surface area is 98.8 Å². The number of carbonyl (C=O) groups is 1. The molecule has 16 heavy (non-hydrogen) atoms. The lowest BCUT2D eigenvalue weighted by Crippen LogP contribution is -2.54.